The molecular formula is C12H18F3N3O2. The lowest BCUT2D eigenvalue weighted by molar-refractivity contribution is -0.191. The maximum absolute atomic E-state index is 13.4. The highest BCUT2D eigenvalue weighted by atomic mass is 19.4. The van der Waals surface area contributed by atoms with Crippen LogP contribution in [-0.4, -0.2) is 36.0 Å². The first-order valence-corrected chi connectivity index (χ1v) is 6.49. The average molecular weight is 293 g/mol. The third-order valence-corrected chi connectivity index (χ3v) is 3.58. The fourth-order valence-corrected chi connectivity index (χ4v) is 2.33. The Morgan fingerprint density at radius 1 is 1.40 bits per heavy atom. The Labute approximate surface area is 114 Å². The number of hydrogen-bond donors (Lipinski definition) is 1. The molecule has 2 rings (SSSR count). The summed E-state index contributed by atoms with van der Waals surface area (Å²) in [4.78, 5) is 3.96. The van der Waals surface area contributed by atoms with E-state index in [1.807, 2.05) is 0 Å². The van der Waals surface area contributed by atoms with Crippen molar-refractivity contribution in [2.75, 3.05) is 19.7 Å². The van der Waals surface area contributed by atoms with Crippen LogP contribution in [-0.2, 0) is 15.8 Å². The molecule has 1 N–H and O–H groups in total. The Balaban J connectivity index is 2.36. The molecule has 0 bridgehead atoms. The summed E-state index contributed by atoms with van der Waals surface area (Å²) >= 11 is 0. The molecule has 20 heavy (non-hydrogen) atoms. The summed E-state index contributed by atoms with van der Waals surface area (Å²) in [7, 11) is 0. The van der Waals surface area contributed by atoms with Gasteiger partial charge in [-0.25, -0.2) is 0 Å². The number of rotatable bonds is 4. The number of ether oxygens (including phenoxy) is 1. The number of alkyl halides is 3. The first kappa shape index (κ1) is 15.2. The standard InChI is InChI=1S/C12H18F3N3O2/c1-4-19-10(2,3)8-17-9(20-18-8)11(12(13,14)15)5-6-16-7-11/h16H,4-7H2,1-3H3. The van der Waals surface area contributed by atoms with Crippen LogP contribution in [0.1, 0.15) is 38.9 Å². The van der Waals surface area contributed by atoms with Gasteiger partial charge in [-0.15, -0.1) is 0 Å². The van der Waals surface area contributed by atoms with Crippen molar-refractivity contribution < 1.29 is 22.4 Å². The van der Waals surface area contributed by atoms with Gasteiger partial charge in [-0.2, -0.15) is 18.2 Å². The second-order valence-electron chi connectivity index (χ2n) is 5.37. The molecule has 0 aliphatic carbocycles. The zero-order valence-corrected chi connectivity index (χ0v) is 11.7. The maximum atomic E-state index is 13.4. The molecule has 2 heterocycles. The summed E-state index contributed by atoms with van der Waals surface area (Å²) in [5, 5.41) is 6.38. The number of halogens is 3. The molecule has 1 aliphatic heterocycles. The van der Waals surface area contributed by atoms with Crippen LogP contribution in [0.25, 0.3) is 0 Å². The van der Waals surface area contributed by atoms with E-state index in [2.05, 4.69) is 15.5 Å². The van der Waals surface area contributed by atoms with E-state index in [1.54, 1.807) is 20.8 Å². The number of hydrogen-bond acceptors (Lipinski definition) is 5. The molecule has 1 saturated heterocycles. The summed E-state index contributed by atoms with van der Waals surface area (Å²) in [6, 6.07) is 0. The molecule has 1 aromatic heterocycles. The highest BCUT2D eigenvalue weighted by molar-refractivity contribution is 5.15. The lowest BCUT2D eigenvalue weighted by Crippen LogP contribution is -2.44. The fraction of sp³-hybridized carbons (Fsp3) is 0.833. The van der Waals surface area contributed by atoms with Crippen LogP contribution in [0.4, 0.5) is 13.2 Å². The van der Waals surface area contributed by atoms with Crippen molar-refractivity contribution in [1.82, 2.24) is 15.5 Å². The Hall–Kier alpha value is -1.15. The van der Waals surface area contributed by atoms with Crippen LogP contribution in [0.15, 0.2) is 4.52 Å². The predicted octanol–water partition coefficient (Wildman–Crippen LogP) is 2.13. The Morgan fingerprint density at radius 2 is 2.10 bits per heavy atom. The van der Waals surface area contributed by atoms with Crippen LogP contribution in [0, 0.1) is 0 Å². The van der Waals surface area contributed by atoms with Gasteiger partial charge in [-0.05, 0) is 33.7 Å². The van der Waals surface area contributed by atoms with Crippen molar-refractivity contribution in [3.05, 3.63) is 11.7 Å². The topological polar surface area (TPSA) is 60.2 Å². The zero-order chi connectivity index (χ0) is 15.0. The van der Waals surface area contributed by atoms with Gasteiger partial charge in [0.15, 0.2) is 5.41 Å². The molecule has 114 valence electrons. The summed E-state index contributed by atoms with van der Waals surface area (Å²) in [5.41, 5.74) is -2.98. The van der Waals surface area contributed by atoms with Gasteiger partial charge in [0.2, 0.25) is 11.7 Å². The van der Waals surface area contributed by atoms with Gasteiger partial charge < -0.3 is 14.6 Å². The molecule has 1 fully saturated rings. The van der Waals surface area contributed by atoms with E-state index in [0.717, 1.165) is 0 Å². The molecule has 5 nitrogen and oxygen atoms in total. The largest absolute Gasteiger partial charge is 0.404 e. The third kappa shape index (κ3) is 2.42. The quantitative estimate of drug-likeness (QED) is 0.921. The van der Waals surface area contributed by atoms with Gasteiger partial charge >= 0.3 is 6.18 Å². The molecule has 1 unspecified atom stereocenters. The molecule has 0 saturated carbocycles. The van der Waals surface area contributed by atoms with Crippen LogP contribution >= 0.6 is 0 Å². The van der Waals surface area contributed by atoms with E-state index in [1.165, 1.54) is 0 Å². The van der Waals surface area contributed by atoms with Crippen molar-refractivity contribution >= 4 is 0 Å². The van der Waals surface area contributed by atoms with Crippen LogP contribution in [0.5, 0.6) is 0 Å². The molecule has 0 aromatic carbocycles. The molecule has 1 aliphatic rings. The summed E-state index contributed by atoms with van der Waals surface area (Å²) in [6.45, 7) is 5.61. The molecule has 0 radical (unpaired) electrons. The maximum Gasteiger partial charge on any atom is 0.404 e. The number of nitrogens with zero attached hydrogens (tertiary/aromatic N) is 2. The first-order valence-electron chi connectivity index (χ1n) is 6.49. The summed E-state index contributed by atoms with van der Waals surface area (Å²) in [6.07, 6.45) is -4.54. The smallest absolute Gasteiger partial charge is 0.368 e. The van der Waals surface area contributed by atoms with E-state index >= 15 is 0 Å². The van der Waals surface area contributed by atoms with Gasteiger partial charge in [-0.3, -0.25) is 0 Å². The molecular weight excluding hydrogens is 275 g/mol. The minimum Gasteiger partial charge on any atom is -0.368 e. The molecule has 0 amide bonds. The lowest BCUT2D eigenvalue weighted by atomic mass is 9.86. The van der Waals surface area contributed by atoms with Crippen LogP contribution in [0.2, 0.25) is 0 Å². The molecule has 0 spiro atoms. The molecule has 8 heteroatoms. The fourth-order valence-electron chi connectivity index (χ4n) is 2.33. The Morgan fingerprint density at radius 3 is 2.60 bits per heavy atom. The lowest BCUT2D eigenvalue weighted by Gasteiger charge is -2.26. The van der Waals surface area contributed by atoms with Gasteiger partial charge in [0.05, 0.1) is 0 Å². The SMILES string of the molecule is CCOC(C)(C)c1noc(C2(C(F)(F)F)CCNC2)n1. The normalized spacial score (nSPS) is 24.3. The van der Waals surface area contributed by atoms with Crippen molar-refractivity contribution in [3.63, 3.8) is 0 Å². The Bertz CT molecular complexity index is 465. The second kappa shape index (κ2) is 5.00. The predicted molar refractivity (Wildman–Crippen MR) is 64.2 cm³/mol. The highest BCUT2D eigenvalue weighted by Crippen LogP contribution is 2.45. The zero-order valence-electron chi connectivity index (χ0n) is 11.7. The van der Waals surface area contributed by atoms with Crippen molar-refractivity contribution in [2.24, 2.45) is 0 Å². The number of nitrogens with one attached hydrogen (secondary N) is 1. The van der Waals surface area contributed by atoms with Gasteiger partial charge in [-0.1, -0.05) is 5.16 Å². The van der Waals surface area contributed by atoms with Crippen LogP contribution < -0.4 is 5.32 Å². The van der Waals surface area contributed by atoms with Crippen molar-refractivity contribution in [1.29, 1.82) is 0 Å². The van der Waals surface area contributed by atoms with Gasteiger partial charge in [0, 0.05) is 13.2 Å². The van der Waals surface area contributed by atoms with E-state index in [0.29, 0.717) is 6.61 Å². The monoisotopic (exact) mass is 293 g/mol. The minimum absolute atomic E-state index is 0.104. The second-order valence-corrected chi connectivity index (χ2v) is 5.37. The molecule has 1 aromatic rings. The minimum atomic E-state index is -4.43. The molecule has 1 atom stereocenters. The summed E-state index contributed by atoms with van der Waals surface area (Å²) < 4.78 is 50.4. The Kier molecular flexibility index (Phi) is 3.81. The summed E-state index contributed by atoms with van der Waals surface area (Å²) in [5.74, 6) is -0.261. The van der Waals surface area contributed by atoms with E-state index < -0.39 is 23.1 Å². The third-order valence-electron chi connectivity index (χ3n) is 3.58. The van der Waals surface area contributed by atoms with Crippen molar-refractivity contribution in [3.8, 4) is 0 Å². The average Bonchev–Trinajstić information content (AvgIpc) is 2.98. The first-order chi connectivity index (χ1) is 9.23. The highest BCUT2D eigenvalue weighted by Gasteiger charge is 2.61. The van der Waals surface area contributed by atoms with E-state index in [4.69, 9.17) is 9.26 Å². The number of aromatic nitrogens is 2. The van der Waals surface area contributed by atoms with Crippen LogP contribution in [0.3, 0.4) is 0 Å². The van der Waals surface area contributed by atoms with Gasteiger partial charge in [0.25, 0.3) is 0 Å². The van der Waals surface area contributed by atoms with Crippen molar-refractivity contribution in [2.45, 2.75) is 44.4 Å². The van der Waals surface area contributed by atoms with E-state index in [9.17, 15) is 13.2 Å². The van der Waals surface area contributed by atoms with Gasteiger partial charge in [0.1, 0.15) is 5.60 Å². The van der Waals surface area contributed by atoms with E-state index in [-0.39, 0.29) is 25.3 Å².